The van der Waals surface area contributed by atoms with E-state index in [-0.39, 0.29) is 37.1 Å². The lowest BCUT2D eigenvalue weighted by Crippen LogP contribution is -2.59. The van der Waals surface area contributed by atoms with Crippen LogP contribution in [0.15, 0.2) is 36.5 Å². The van der Waals surface area contributed by atoms with Gasteiger partial charge in [0.25, 0.3) is 5.91 Å². The maximum absolute atomic E-state index is 14.6. The van der Waals surface area contributed by atoms with Crippen LogP contribution in [0.4, 0.5) is 4.79 Å². The number of carboxylic acid groups (broad SMARTS) is 1. The van der Waals surface area contributed by atoms with Crippen molar-refractivity contribution in [3.63, 3.8) is 0 Å². The van der Waals surface area contributed by atoms with Crippen molar-refractivity contribution in [1.29, 1.82) is 0 Å². The van der Waals surface area contributed by atoms with Crippen molar-refractivity contribution < 1.29 is 46.9 Å². The maximum Gasteiger partial charge on any atom is 0.405 e. The van der Waals surface area contributed by atoms with Crippen molar-refractivity contribution in [3.8, 4) is 17.4 Å². The Morgan fingerprint density at radius 2 is 1.91 bits per heavy atom. The van der Waals surface area contributed by atoms with E-state index < -0.39 is 68.2 Å². The van der Waals surface area contributed by atoms with Gasteiger partial charge in [-0.1, -0.05) is 32.4 Å². The van der Waals surface area contributed by atoms with Gasteiger partial charge in [-0.2, -0.15) is 0 Å². The first-order valence-electron chi connectivity index (χ1n) is 18.4. The number of rotatable bonds is 7. The Balaban J connectivity index is 1.22. The number of benzene rings is 1. The molecule has 1 aromatic carbocycles. The minimum absolute atomic E-state index is 0.00174. The molecule has 0 spiro atoms. The number of amides is 4. The molecule has 0 unspecified atom stereocenters. The molecule has 0 radical (unpaired) electrons. The van der Waals surface area contributed by atoms with Gasteiger partial charge in [0, 0.05) is 29.3 Å². The summed E-state index contributed by atoms with van der Waals surface area (Å²) in [5.74, 6) is -1.35. The van der Waals surface area contributed by atoms with Crippen LogP contribution in [0.5, 0.6) is 17.4 Å². The Morgan fingerprint density at radius 1 is 1.13 bits per heavy atom. The molecule has 4 amide bonds. The topological polar surface area (TPSA) is 203 Å². The monoisotopic (exact) mass is 753 g/mol. The van der Waals surface area contributed by atoms with Crippen molar-refractivity contribution in [2.75, 3.05) is 19.8 Å². The second-order valence-electron chi connectivity index (χ2n) is 15.4. The fourth-order valence-electron chi connectivity index (χ4n) is 7.94. The van der Waals surface area contributed by atoms with Crippen LogP contribution in [-0.4, -0.2) is 95.5 Å². The molecule has 0 bridgehead atoms. The Morgan fingerprint density at radius 3 is 2.64 bits per heavy atom. The molecule has 4 heterocycles. The van der Waals surface area contributed by atoms with Crippen LogP contribution in [0.2, 0.25) is 0 Å². The summed E-state index contributed by atoms with van der Waals surface area (Å²) in [4.78, 5) is 60.7. The van der Waals surface area contributed by atoms with Crippen LogP contribution in [0, 0.1) is 17.8 Å². The van der Waals surface area contributed by atoms with Crippen LogP contribution < -0.4 is 29.6 Å². The van der Waals surface area contributed by atoms with Gasteiger partial charge in [-0.15, -0.1) is 0 Å². The Kier molecular flexibility index (Phi) is 9.70. The minimum atomic E-state index is -4.01. The Bertz CT molecular complexity index is 1950. The fraction of sp³-hybridized carbons (Fsp3) is 0.595. The third-order valence-corrected chi connectivity index (χ3v) is 13.7. The maximum atomic E-state index is 14.6. The van der Waals surface area contributed by atoms with Gasteiger partial charge in [-0.3, -0.25) is 19.1 Å². The number of carbonyl (C=O) groups excluding carboxylic acids is 3. The number of aromatic nitrogens is 1. The molecule has 15 nitrogen and oxygen atoms in total. The SMILES string of the molecule is CC[C@@H]1C[C@@H](C)CC/C=C\[C@@H]2C[C@@]2(C(=O)NS(=O)(=O)C2(C)CC2)NC(=O)[C@@H]2C[C@@H](Oc3nccc4c5c(ccc34)OCCO5)CN2C(=O)[C@H]1NC(=O)O. The number of pyridine rings is 1. The van der Waals surface area contributed by atoms with Crippen molar-refractivity contribution in [2.24, 2.45) is 17.8 Å². The first kappa shape index (κ1) is 36.7. The molecular weight excluding hydrogens is 706 g/mol. The van der Waals surface area contributed by atoms with E-state index in [1.54, 1.807) is 31.3 Å². The first-order chi connectivity index (χ1) is 25.2. The molecule has 1 aromatic heterocycles. The molecule has 5 aliphatic rings. The molecule has 3 aliphatic heterocycles. The molecule has 16 heteroatoms. The smallest absolute Gasteiger partial charge is 0.405 e. The van der Waals surface area contributed by atoms with Crippen LogP contribution in [-0.2, 0) is 24.4 Å². The zero-order valence-electron chi connectivity index (χ0n) is 30.1. The summed E-state index contributed by atoms with van der Waals surface area (Å²) >= 11 is 0. The van der Waals surface area contributed by atoms with Crippen LogP contribution in [0.25, 0.3) is 10.8 Å². The highest BCUT2D eigenvalue weighted by atomic mass is 32.2. The van der Waals surface area contributed by atoms with E-state index in [2.05, 4.69) is 20.3 Å². The van der Waals surface area contributed by atoms with Gasteiger partial charge < -0.3 is 34.9 Å². The van der Waals surface area contributed by atoms with Gasteiger partial charge in [0.2, 0.25) is 27.7 Å². The molecule has 2 saturated carbocycles. The fourth-order valence-corrected chi connectivity index (χ4v) is 9.25. The van der Waals surface area contributed by atoms with Crippen LogP contribution in [0.3, 0.4) is 0 Å². The number of ether oxygens (including phenoxy) is 3. The molecule has 286 valence electrons. The zero-order valence-corrected chi connectivity index (χ0v) is 30.9. The van der Waals surface area contributed by atoms with E-state index in [9.17, 15) is 32.7 Å². The van der Waals surface area contributed by atoms with Crippen molar-refractivity contribution in [2.45, 2.75) is 101 Å². The second-order valence-corrected chi connectivity index (χ2v) is 17.6. The quantitative estimate of drug-likeness (QED) is 0.303. The lowest BCUT2D eigenvalue weighted by molar-refractivity contribution is -0.142. The molecule has 4 N–H and O–H groups in total. The van der Waals surface area contributed by atoms with E-state index in [1.165, 1.54) is 4.90 Å². The van der Waals surface area contributed by atoms with Crippen molar-refractivity contribution >= 4 is 44.6 Å². The number of nitrogens with zero attached hydrogens (tertiary/aromatic N) is 2. The number of nitrogens with one attached hydrogen (secondary N) is 3. The van der Waals surface area contributed by atoms with E-state index in [0.717, 1.165) is 11.8 Å². The first-order valence-corrected chi connectivity index (χ1v) is 19.9. The van der Waals surface area contributed by atoms with Crippen molar-refractivity contribution in [3.05, 3.63) is 36.5 Å². The summed E-state index contributed by atoms with van der Waals surface area (Å²) in [5, 5.41) is 16.5. The number of allylic oxidation sites excluding steroid dienone is 1. The second kappa shape index (κ2) is 14.0. The largest absolute Gasteiger partial charge is 0.486 e. The van der Waals surface area contributed by atoms with E-state index >= 15 is 0 Å². The average Bonchev–Trinajstić information content (AvgIpc) is 4.01. The van der Waals surface area contributed by atoms with Gasteiger partial charge in [0.1, 0.15) is 36.9 Å². The molecule has 2 aromatic rings. The van der Waals surface area contributed by atoms with Gasteiger partial charge >= 0.3 is 6.09 Å². The standard InChI is InChI=1S/C37H47N5O10S/c1-4-22-17-21(2)7-5-6-8-23-19-37(23,34(45)41-53(48,49)36(3)12-13-36)40-31(43)27-18-24(20-42(27)33(44)29(22)39-35(46)47)52-32-26-9-10-28-30(51-16-15-50-28)25(26)11-14-38-32/h6,8-11,14,21-24,27,29,39H,4-5,7,12-13,15-20H2,1-3H3,(H,40,43)(H,41,45)(H,46,47)/b8-6-/t21-,22+,23+,24+,27-,29-,37+/m0/s1. The zero-order chi connectivity index (χ0) is 37.7. The summed E-state index contributed by atoms with van der Waals surface area (Å²) in [7, 11) is -4.01. The van der Waals surface area contributed by atoms with Gasteiger partial charge in [0.15, 0.2) is 11.5 Å². The highest BCUT2D eigenvalue weighted by Crippen LogP contribution is 2.48. The number of hydrogen-bond donors (Lipinski definition) is 4. The van der Waals surface area contributed by atoms with E-state index in [1.807, 2.05) is 26.0 Å². The highest BCUT2D eigenvalue weighted by molar-refractivity contribution is 7.91. The summed E-state index contributed by atoms with van der Waals surface area (Å²) < 4.78 is 45.5. The number of fused-ring (bicyclic) bond motifs is 5. The minimum Gasteiger partial charge on any atom is -0.486 e. The number of sulfonamides is 1. The molecular formula is C37H47N5O10S. The molecule has 7 atom stereocenters. The molecule has 3 fully saturated rings. The summed E-state index contributed by atoms with van der Waals surface area (Å²) in [6.45, 7) is 6.26. The number of hydrogen-bond acceptors (Lipinski definition) is 10. The van der Waals surface area contributed by atoms with Gasteiger partial charge in [-0.05, 0) is 75.5 Å². The molecule has 53 heavy (non-hydrogen) atoms. The van der Waals surface area contributed by atoms with E-state index in [0.29, 0.717) is 62.2 Å². The molecule has 2 aliphatic carbocycles. The Labute approximate surface area is 308 Å². The normalized spacial score (nSPS) is 31.5. The average molecular weight is 754 g/mol. The molecule has 7 rings (SSSR count). The van der Waals surface area contributed by atoms with Crippen molar-refractivity contribution in [1.82, 2.24) is 25.2 Å². The van der Waals surface area contributed by atoms with Gasteiger partial charge in [-0.25, -0.2) is 18.2 Å². The van der Waals surface area contributed by atoms with E-state index in [4.69, 9.17) is 14.2 Å². The van der Waals surface area contributed by atoms with Crippen LogP contribution >= 0.6 is 0 Å². The lowest BCUT2D eigenvalue weighted by atomic mass is 9.85. The number of carbonyl (C=O) groups is 4. The third kappa shape index (κ3) is 7.09. The molecule has 1 saturated heterocycles. The Hall–Kier alpha value is -4.60. The summed E-state index contributed by atoms with van der Waals surface area (Å²) in [6, 6.07) is 3.04. The van der Waals surface area contributed by atoms with Gasteiger partial charge in [0.05, 0.1) is 11.3 Å². The predicted octanol–water partition coefficient (Wildman–Crippen LogP) is 3.27. The summed E-state index contributed by atoms with van der Waals surface area (Å²) in [6.07, 6.45) is 6.76. The lowest BCUT2D eigenvalue weighted by Gasteiger charge is -2.33. The predicted molar refractivity (Wildman–Crippen MR) is 192 cm³/mol. The highest BCUT2D eigenvalue weighted by Gasteiger charge is 2.63. The van der Waals surface area contributed by atoms with Crippen LogP contribution in [0.1, 0.15) is 72.1 Å². The summed E-state index contributed by atoms with van der Waals surface area (Å²) in [5.41, 5.74) is -1.55. The third-order valence-electron chi connectivity index (χ3n) is 11.6.